The van der Waals surface area contributed by atoms with Crippen molar-refractivity contribution in [2.24, 2.45) is 0 Å². The Morgan fingerprint density at radius 1 is 1.08 bits per heavy atom. The Hall–Kier alpha value is -1.30. The van der Waals surface area contributed by atoms with Gasteiger partial charge in [-0.05, 0) is 60.4 Å². The molecule has 0 heterocycles. The third-order valence-electron chi connectivity index (χ3n) is 2.68. The molecule has 0 spiro atoms. The monoisotopic (exact) mass is 168 g/mol. The summed E-state index contributed by atoms with van der Waals surface area (Å²) in [5, 5.41) is 2.37. The van der Waals surface area contributed by atoms with E-state index in [1.54, 1.807) is 0 Å². The van der Waals surface area contributed by atoms with Gasteiger partial charge in [0.2, 0.25) is 0 Å². The highest BCUT2D eigenvalue weighted by molar-refractivity contribution is 5.86. The zero-order valence-corrected chi connectivity index (χ0v) is 8.23. The van der Waals surface area contributed by atoms with Gasteiger partial charge in [0.25, 0.3) is 0 Å². The molecule has 0 fully saturated rings. The molecule has 0 saturated heterocycles. The molecule has 0 saturated carbocycles. The SMILES string of the molecule is Cc1[c]c2ccc[c]c2c(C)c1C. The number of aryl methyl sites for hydroxylation is 2. The molecule has 0 aliphatic heterocycles. The molecule has 0 aromatic heterocycles. The molecule has 0 aliphatic carbocycles. The maximum atomic E-state index is 3.37. The van der Waals surface area contributed by atoms with Gasteiger partial charge in [0.1, 0.15) is 0 Å². The quantitative estimate of drug-likeness (QED) is 0.565. The van der Waals surface area contributed by atoms with Crippen LogP contribution in [0.25, 0.3) is 10.8 Å². The van der Waals surface area contributed by atoms with E-state index < -0.39 is 0 Å². The maximum Gasteiger partial charge on any atom is -0.00640 e. The van der Waals surface area contributed by atoms with Gasteiger partial charge in [0.05, 0.1) is 0 Å². The van der Waals surface area contributed by atoms with Gasteiger partial charge >= 0.3 is 0 Å². The molecule has 2 aromatic carbocycles. The molecule has 0 aliphatic rings. The van der Waals surface area contributed by atoms with Gasteiger partial charge in [-0.2, -0.15) is 0 Å². The Bertz CT molecular complexity index is 453. The van der Waals surface area contributed by atoms with E-state index in [4.69, 9.17) is 0 Å². The van der Waals surface area contributed by atoms with Gasteiger partial charge in [-0.3, -0.25) is 0 Å². The fraction of sp³-hybridized carbons (Fsp3) is 0.231. The molecule has 2 radical (unpaired) electrons. The minimum atomic E-state index is 1.17. The summed E-state index contributed by atoms with van der Waals surface area (Å²) in [4.78, 5) is 0. The van der Waals surface area contributed by atoms with Crippen LogP contribution in [0.3, 0.4) is 0 Å². The normalized spacial score (nSPS) is 10.7. The summed E-state index contributed by atoms with van der Waals surface area (Å²) in [5.41, 5.74) is 3.89. The fourth-order valence-corrected chi connectivity index (χ4v) is 1.62. The van der Waals surface area contributed by atoms with Crippen molar-refractivity contribution in [3.8, 4) is 0 Å². The van der Waals surface area contributed by atoms with Crippen molar-refractivity contribution in [1.82, 2.24) is 0 Å². The molecule has 0 bridgehead atoms. The highest BCUT2D eigenvalue weighted by atomic mass is 14.1. The van der Waals surface area contributed by atoms with Crippen molar-refractivity contribution in [2.45, 2.75) is 20.8 Å². The smallest absolute Gasteiger partial charge is 0.00640 e. The minimum Gasteiger partial charge on any atom is -0.0610 e. The second-order valence-corrected chi connectivity index (χ2v) is 3.46. The number of benzene rings is 2. The van der Waals surface area contributed by atoms with E-state index in [-0.39, 0.29) is 0 Å². The first-order chi connectivity index (χ1) is 6.20. The Morgan fingerprint density at radius 3 is 2.62 bits per heavy atom. The lowest BCUT2D eigenvalue weighted by atomic mass is 9.97. The average Bonchev–Trinajstić information content (AvgIpc) is 2.15. The third kappa shape index (κ3) is 1.23. The van der Waals surface area contributed by atoms with E-state index in [9.17, 15) is 0 Å². The van der Waals surface area contributed by atoms with E-state index in [0.717, 1.165) is 0 Å². The van der Waals surface area contributed by atoms with Crippen LogP contribution in [0.15, 0.2) is 18.2 Å². The second kappa shape index (κ2) is 2.88. The zero-order valence-electron chi connectivity index (χ0n) is 8.23. The van der Waals surface area contributed by atoms with E-state index >= 15 is 0 Å². The topological polar surface area (TPSA) is 0 Å². The first-order valence-corrected chi connectivity index (χ1v) is 4.49. The number of hydrogen-bond acceptors (Lipinski definition) is 0. The van der Waals surface area contributed by atoms with Gasteiger partial charge in [0.15, 0.2) is 0 Å². The van der Waals surface area contributed by atoms with Crippen molar-refractivity contribution < 1.29 is 0 Å². The summed E-state index contributed by atoms with van der Waals surface area (Å²) in [5.74, 6) is 0. The lowest BCUT2D eigenvalue weighted by Gasteiger charge is -2.07. The lowest BCUT2D eigenvalue weighted by molar-refractivity contribution is 1.29. The summed E-state index contributed by atoms with van der Waals surface area (Å²) in [6.45, 7) is 6.39. The average molecular weight is 168 g/mol. The van der Waals surface area contributed by atoms with E-state index in [1.165, 1.54) is 27.5 Å². The fourth-order valence-electron chi connectivity index (χ4n) is 1.62. The van der Waals surface area contributed by atoms with Crippen LogP contribution in [-0.2, 0) is 0 Å². The van der Waals surface area contributed by atoms with Crippen LogP contribution >= 0.6 is 0 Å². The number of hydrogen-bond donors (Lipinski definition) is 0. The largest absolute Gasteiger partial charge is 0.0610 e. The Balaban J connectivity index is 2.94. The van der Waals surface area contributed by atoms with Crippen molar-refractivity contribution in [2.75, 3.05) is 0 Å². The molecule has 64 valence electrons. The van der Waals surface area contributed by atoms with E-state index in [2.05, 4.69) is 39.0 Å². The van der Waals surface area contributed by atoms with Crippen LogP contribution in [0.4, 0.5) is 0 Å². The molecule has 2 rings (SSSR count). The standard InChI is InChI=1S/C13H12/c1-9-8-12-6-4-5-7-13(12)11(3)10(9)2/h4-6H,1-3H3. The van der Waals surface area contributed by atoms with Gasteiger partial charge in [-0.1, -0.05) is 18.2 Å². The van der Waals surface area contributed by atoms with Crippen molar-refractivity contribution in [3.63, 3.8) is 0 Å². The predicted molar refractivity (Wildman–Crippen MR) is 55.8 cm³/mol. The van der Waals surface area contributed by atoms with Crippen molar-refractivity contribution >= 4 is 10.8 Å². The third-order valence-corrected chi connectivity index (χ3v) is 2.68. The molecule has 0 heteroatoms. The molecule has 0 amide bonds. The molecular weight excluding hydrogens is 156 g/mol. The predicted octanol–water partition coefficient (Wildman–Crippen LogP) is 3.37. The van der Waals surface area contributed by atoms with Crippen LogP contribution in [0, 0.1) is 32.9 Å². The van der Waals surface area contributed by atoms with Crippen LogP contribution in [-0.4, -0.2) is 0 Å². The van der Waals surface area contributed by atoms with Gasteiger partial charge < -0.3 is 0 Å². The lowest BCUT2D eigenvalue weighted by Crippen LogP contribution is -1.88. The summed E-state index contributed by atoms with van der Waals surface area (Å²) >= 11 is 0. The molecule has 0 atom stereocenters. The highest BCUT2D eigenvalue weighted by Crippen LogP contribution is 2.22. The zero-order chi connectivity index (χ0) is 9.42. The van der Waals surface area contributed by atoms with Gasteiger partial charge in [0, 0.05) is 0 Å². The second-order valence-electron chi connectivity index (χ2n) is 3.46. The van der Waals surface area contributed by atoms with Crippen molar-refractivity contribution in [3.05, 3.63) is 47.0 Å². The summed E-state index contributed by atoms with van der Waals surface area (Å²) < 4.78 is 0. The number of rotatable bonds is 0. The maximum absolute atomic E-state index is 3.37. The van der Waals surface area contributed by atoms with E-state index in [1.807, 2.05) is 12.1 Å². The molecule has 0 nitrogen and oxygen atoms in total. The first-order valence-electron chi connectivity index (χ1n) is 4.49. The summed E-state index contributed by atoms with van der Waals surface area (Å²) in [6, 6.07) is 12.7. The minimum absolute atomic E-state index is 1.17. The molecule has 13 heavy (non-hydrogen) atoms. The van der Waals surface area contributed by atoms with Crippen LogP contribution in [0.5, 0.6) is 0 Å². The van der Waals surface area contributed by atoms with Crippen molar-refractivity contribution in [1.29, 1.82) is 0 Å². The van der Waals surface area contributed by atoms with Gasteiger partial charge in [-0.15, -0.1) is 0 Å². The molecule has 0 N–H and O–H groups in total. The summed E-state index contributed by atoms with van der Waals surface area (Å²) in [6.07, 6.45) is 0. The van der Waals surface area contributed by atoms with Crippen LogP contribution < -0.4 is 0 Å². The molecular formula is C13H12. The Morgan fingerprint density at radius 2 is 1.85 bits per heavy atom. The molecule has 0 unspecified atom stereocenters. The molecule has 2 aromatic rings. The van der Waals surface area contributed by atoms with Crippen LogP contribution in [0.1, 0.15) is 16.7 Å². The first kappa shape index (κ1) is 8.31. The van der Waals surface area contributed by atoms with Gasteiger partial charge in [-0.25, -0.2) is 0 Å². The number of fused-ring (bicyclic) bond motifs is 1. The Kier molecular flexibility index (Phi) is 1.84. The Labute approximate surface area is 79.2 Å². The summed E-state index contributed by atoms with van der Waals surface area (Å²) in [7, 11) is 0. The van der Waals surface area contributed by atoms with E-state index in [0.29, 0.717) is 0 Å². The highest BCUT2D eigenvalue weighted by Gasteiger charge is 2.02. The van der Waals surface area contributed by atoms with Crippen LogP contribution in [0.2, 0.25) is 0 Å².